The molecule has 9 heteroatoms. The first kappa shape index (κ1) is 24.2. The van der Waals surface area contributed by atoms with Crippen LogP contribution in [0.25, 0.3) is 0 Å². The van der Waals surface area contributed by atoms with E-state index in [1.165, 1.54) is 29.2 Å². The summed E-state index contributed by atoms with van der Waals surface area (Å²) in [5.41, 5.74) is -1.14. The van der Waals surface area contributed by atoms with Crippen molar-refractivity contribution in [3.05, 3.63) is 101 Å². The van der Waals surface area contributed by atoms with Crippen LogP contribution < -0.4 is 5.32 Å². The van der Waals surface area contributed by atoms with E-state index >= 15 is 0 Å². The lowest BCUT2D eigenvalue weighted by Gasteiger charge is -2.30. The maximum Gasteiger partial charge on any atom is 0.418 e. The molecule has 0 radical (unpaired) electrons. The molecule has 1 atom stereocenters. The number of hydrogen-bond acceptors (Lipinski definition) is 1. The summed E-state index contributed by atoms with van der Waals surface area (Å²) in [4.78, 5) is 14.4. The molecule has 3 aromatic carbocycles. The molecule has 0 aliphatic heterocycles. The largest absolute Gasteiger partial charge is 0.418 e. The van der Waals surface area contributed by atoms with Gasteiger partial charge in [0.2, 0.25) is 0 Å². The molecule has 0 saturated carbocycles. The number of carbonyl (C=O) groups excluding carboxylic acids is 1. The molecule has 0 spiro atoms. The number of nitrogens with zero attached hydrogens (tertiary/aromatic N) is 1. The summed E-state index contributed by atoms with van der Waals surface area (Å²) in [6, 6.07) is 16.2. The third-order valence-electron chi connectivity index (χ3n) is 5.12. The molecule has 33 heavy (non-hydrogen) atoms. The monoisotopic (exact) mass is 466 g/mol. The van der Waals surface area contributed by atoms with E-state index in [2.05, 4.69) is 5.32 Å². The average molecular weight is 466 g/mol. The minimum Gasteiger partial charge on any atom is -0.313 e. The summed E-state index contributed by atoms with van der Waals surface area (Å²) >= 11 is 0. The number of benzene rings is 3. The number of carbonyl (C=O) groups is 1. The van der Waals surface area contributed by atoms with Crippen molar-refractivity contribution in [3.8, 4) is 0 Å². The van der Waals surface area contributed by atoms with Gasteiger partial charge in [0, 0.05) is 6.54 Å². The molecule has 0 bridgehead atoms. The van der Waals surface area contributed by atoms with Gasteiger partial charge in [0.05, 0.1) is 22.9 Å². The summed E-state index contributed by atoms with van der Waals surface area (Å²) in [7, 11) is 0. The lowest BCUT2D eigenvalue weighted by Crippen LogP contribution is -2.37. The lowest BCUT2D eigenvalue weighted by atomic mass is 10.1. The fourth-order valence-corrected chi connectivity index (χ4v) is 3.32. The third-order valence-corrected chi connectivity index (χ3v) is 5.12. The van der Waals surface area contributed by atoms with E-state index in [0.29, 0.717) is 11.1 Å². The summed E-state index contributed by atoms with van der Waals surface area (Å²) in [6.07, 6.45) is -9.18. The Morgan fingerprint density at radius 3 is 1.97 bits per heavy atom. The first-order chi connectivity index (χ1) is 15.5. The Morgan fingerprint density at radius 2 is 1.39 bits per heavy atom. The number of halogens is 6. The van der Waals surface area contributed by atoms with Crippen molar-refractivity contribution in [1.29, 1.82) is 0 Å². The molecule has 0 heterocycles. The van der Waals surface area contributed by atoms with Crippen LogP contribution in [0.5, 0.6) is 0 Å². The van der Waals surface area contributed by atoms with Gasteiger partial charge in [-0.1, -0.05) is 54.6 Å². The molecular formula is C24H20F6N2O. The Kier molecular flexibility index (Phi) is 7.00. The highest BCUT2D eigenvalue weighted by molar-refractivity contribution is 5.90. The quantitative estimate of drug-likeness (QED) is 0.388. The van der Waals surface area contributed by atoms with Crippen LogP contribution in [-0.2, 0) is 18.9 Å². The molecule has 174 valence electrons. The molecule has 0 aromatic heterocycles. The number of nitrogens with one attached hydrogen (secondary N) is 1. The van der Waals surface area contributed by atoms with E-state index in [0.717, 1.165) is 24.3 Å². The smallest absolute Gasteiger partial charge is 0.313 e. The fourth-order valence-electron chi connectivity index (χ4n) is 3.32. The summed E-state index contributed by atoms with van der Waals surface area (Å²) in [5, 5.41) is 2.31. The van der Waals surface area contributed by atoms with Gasteiger partial charge in [-0.15, -0.1) is 0 Å². The second kappa shape index (κ2) is 9.56. The average Bonchev–Trinajstić information content (AvgIpc) is 2.77. The van der Waals surface area contributed by atoms with Crippen LogP contribution in [0.3, 0.4) is 0 Å². The lowest BCUT2D eigenvalue weighted by molar-refractivity contribution is -0.138. The van der Waals surface area contributed by atoms with Crippen molar-refractivity contribution >= 4 is 11.7 Å². The van der Waals surface area contributed by atoms with Gasteiger partial charge in [-0.05, 0) is 42.3 Å². The normalized spacial score (nSPS) is 12.8. The molecular weight excluding hydrogens is 446 g/mol. The minimum atomic E-state index is -4.67. The Bertz CT molecular complexity index is 1080. The van der Waals surface area contributed by atoms with Crippen LogP contribution in [0.4, 0.5) is 36.8 Å². The molecule has 2 amide bonds. The van der Waals surface area contributed by atoms with E-state index < -0.39 is 41.2 Å². The Morgan fingerprint density at radius 1 is 0.818 bits per heavy atom. The number of amides is 2. The summed E-state index contributed by atoms with van der Waals surface area (Å²) < 4.78 is 78.7. The van der Waals surface area contributed by atoms with Crippen LogP contribution in [0, 0.1) is 0 Å². The van der Waals surface area contributed by atoms with E-state index in [1.54, 1.807) is 37.3 Å². The number of alkyl halides is 6. The van der Waals surface area contributed by atoms with Gasteiger partial charge in [0.15, 0.2) is 0 Å². The van der Waals surface area contributed by atoms with E-state index in [-0.39, 0.29) is 6.54 Å². The van der Waals surface area contributed by atoms with E-state index in [1.807, 2.05) is 0 Å². The molecule has 1 unspecified atom stereocenters. The van der Waals surface area contributed by atoms with Crippen LogP contribution in [0.15, 0.2) is 78.9 Å². The first-order valence-corrected chi connectivity index (χ1v) is 9.92. The SMILES string of the molecule is CC(c1ccccc1)N(Cc1ccc(C(F)(F)F)cc1)C(=O)Nc1ccccc1C(F)(F)F. The van der Waals surface area contributed by atoms with Crippen LogP contribution in [0.2, 0.25) is 0 Å². The van der Waals surface area contributed by atoms with Gasteiger partial charge >= 0.3 is 18.4 Å². The molecule has 0 aliphatic carbocycles. The van der Waals surface area contributed by atoms with Gasteiger partial charge in [0.25, 0.3) is 0 Å². The summed E-state index contributed by atoms with van der Waals surface area (Å²) in [5.74, 6) is 0. The van der Waals surface area contributed by atoms with Gasteiger partial charge in [-0.2, -0.15) is 26.3 Å². The van der Waals surface area contributed by atoms with Crippen molar-refractivity contribution in [2.45, 2.75) is 31.9 Å². The Balaban J connectivity index is 1.92. The van der Waals surface area contributed by atoms with Gasteiger partial charge in [-0.3, -0.25) is 0 Å². The van der Waals surface area contributed by atoms with Crippen molar-refractivity contribution in [3.63, 3.8) is 0 Å². The van der Waals surface area contributed by atoms with Gasteiger partial charge in [-0.25, -0.2) is 4.79 Å². The predicted molar refractivity (Wildman–Crippen MR) is 112 cm³/mol. The topological polar surface area (TPSA) is 32.3 Å². The molecule has 0 aliphatic rings. The second-order valence-electron chi connectivity index (χ2n) is 7.38. The number of rotatable bonds is 5. The maximum atomic E-state index is 13.3. The van der Waals surface area contributed by atoms with Crippen molar-refractivity contribution in [2.75, 3.05) is 5.32 Å². The minimum absolute atomic E-state index is 0.117. The second-order valence-corrected chi connectivity index (χ2v) is 7.38. The van der Waals surface area contributed by atoms with Crippen LogP contribution >= 0.6 is 0 Å². The zero-order valence-corrected chi connectivity index (χ0v) is 17.4. The highest BCUT2D eigenvalue weighted by atomic mass is 19.4. The molecule has 3 aromatic rings. The highest BCUT2D eigenvalue weighted by Gasteiger charge is 2.34. The van der Waals surface area contributed by atoms with Crippen molar-refractivity contribution < 1.29 is 31.1 Å². The number of anilines is 1. The zero-order chi connectivity index (χ0) is 24.2. The Labute approximate surface area is 186 Å². The van der Waals surface area contributed by atoms with Crippen LogP contribution in [0.1, 0.15) is 35.2 Å². The van der Waals surface area contributed by atoms with Gasteiger partial charge < -0.3 is 10.2 Å². The molecule has 1 N–H and O–H groups in total. The van der Waals surface area contributed by atoms with Crippen molar-refractivity contribution in [2.24, 2.45) is 0 Å². The fraction of sp³-hybridized carbons (Fsp3) is 0.208. The number of para-hydroxylation sites is 1. The first-order valence-electron chi connectivity index (χ1n) is 9.92. The highest BCUT2D eigenvalue weighted by Crippen LogP contribution is 2.35. The standard InChI is InChI=1S/C24H20F6N2O/c1-16(18-7-3-2-4-8-18)32(15-17-11-13-19(14-12-17)23(25,26)27)22(33)31-21-10-6-5-9-20(21)24(28,29)30/h2-14,16H,15H2,1H3,(H,31,33). The number of hydrogen-bond donors (Lipinski definition) is 1. The third kappa shape index (κ3) is 6.06. The molecule has 3 nitrogen and oxygen atoms in total. The number of urea groups is 1. The van der Waals surface area contributed by atoms with E-state index in [9.17, 15) is 31.1 Å². The maximum absolute atomic E-state index is 13.3. The van der Waals surface area contributed by atoms with E-state index in [4.69, 9.17) is 0 Å². The molecule has 0 saturated heterocycles. The van der Waals surface area contributed by atoms with Crippen LogP contribution in [-0.4, -0.2) is 10.9 Å². The molecule has 0 fully saturated rings. The van der Waals surface area contributed by atoms with Crippen molar-refractivity contribution in [1.82, 2.24) is 4.90 Å². The zero-order valence-electron chi connectivity index (χ0n) is 17.4. The Hall–Kier alpha value is -3.49. The predicted octanol–water partition coefficient (Wildman–Crippen LogP) is 7.52. The summed E-state index contributed by atoms with van der Waals surface area (Å²) in [6.45, 7) is 1.57. The molecule has 3 rings (SSSR count). The van der Waals surface area contributed by atoms with Gasteiger partial charge in [0.1, 0.15) is 0 Å².